The van der Waals surface area contributed by atoms with E-state index in [2.05, 4.69) is 167 Å². The molecule has 0 amide bonds. The first-order chi connectivity index (χ1) is 24.8. The Morgan fingerprint density at radius 1 is 0.380 bits per heavy atom. The van der Waals surface area contributed by atoms with Crippen molar-refractivity contribution in [3.63, 3.8) is 0 Å². The molecule has 8 aromatic carbocycles. The van der Waals surface area contributed by atoms with Crippen molar-refractivity contribution in [2.45, 2.75) is 0 Å². The van der Waals surface area contributed by atoms with E-state index in [9.17, 15) is 0 Å². The molecule has 0 spiro atoms. The van der Waals surface area contributed by atoms with Gasteiger partial charge in [-0.15, -0.1) is 0 Å². The van der Waals surface area contributed by atoms with Crippen LogP contribution < -0.4 is 0 Å². The van der Waals surface area contributed by atoms with Crippen LogP contribution in [0.5, 0.6) is 0 Å². The van der Waals surface area contributed by atoms with Gasteiger partial charge in [0, 0.05) is 43.3 Å². The average Bonchev–Trinajstić information content (AvgIpc) is 3.82. The number of rotatable bonds is 2. The van der Waals surface area contributed by atoms with Gasteiger partial charge in [-0.05, 0) is 57.9 Å². The number of benzene rings is 8. The third kappa shape index (κ3) is 3.30. The fourth-order valence-electron chi connectivity index (χ4n) is 8.71. The van der Waals surface area contributed by atoms with Crippen molar-refractivity contribution in [1.82, 2.24) is 18.9 Å². The van der Waals surface area contributed by atoms with E-state index in [4.69, 9.17) is 9.97 Å². The molecule has 4 nitrogen and oxygen atoms in total. The molecule has 12 rings (SSSR count). The summed E-state index contributed by atoms with van der Waals surface area (Å²) in [5.74, 6) is 0.671. The fourth-order valence-corrected chi connectivity index (χ4v) is 8.71. The molecule has 0 saturated heterocycles. The van der Waals surface area contributed by atoms with Gasteiger partial charge in [0.05, 0.1) is 38.8 Å². The molecule has 0 bridgehead atoms. The molecule has 4 heterocycles. The van der Waals surface area contributed by atoms with Gasteiger partial charge < -0.3 is 4.40 Å². The van der Waals surface area contributed by atoms with Gasteiger partial charge in [-0.3, -0.25) is 4.57 Å². The summed E-state index contributed by atoms with van der Waals surface area (Å²) >= 11 is 0. The number of aromatic nitrogens is 4. The molecule has 0 atom stereocenters. The summed E-state index contributed by atoms with van der Waals surface area (Å²) in [4.78, 5) is 10.8. The van der Waals surface area contributed by atoms with Crippen LogP contribution in [0.15, 0.2) is 158 Å². The SMILES string of the molecule is c1ccc2cc(-c3nc(-n4c5ccccc5c5c6c7c8ccccc8ccc7n7c8ccccc8c(cc54)c67)nc4ccccc34)ccc2c1. The van der Waals surface area contributed by atoms with Gasteiger partial charge in [0.1, 0.15) is 0 Å². The summed E-state index contributed by atoms with van der Waals surface area (Å²) in [5.41, 5.74) is 8.86. The van der Waals surface area contributed by atoms with Crippen molar-refractivity contribution in [3.8, 4) is 17.2 Å². The van der Waals surface area contributed by atoms with Crippen LogP contribution in [0.3, 0.4) is 0 Å². The van der Waals surface area contributed by atoms with Gasteiger partial charge in [-0.1, -0.05) is 121 Å². The number of hydrogen-bond donors (Lipinski definition) is 0. The van der Waals surface area contributed by atoms with E-state index < -0.39 is 0 Å². The number of hydrogen-bond acceptors (Lipinski definition) is 2. The zero-order valence-corrected chi connectivity index (χ0v) is 26.8. The summed E-state index contributed by atoms with van der Waals surface area (Å²) in [6, 6.07) is 56.8. The van der Waals surface area contributed by atoms with E-state index in [1.54, 1.807) is 0 Å². The van der Waals surface area contributed by atoms with Crippen molar-refractivity contribution in [2.24, 2.45) is 0 Å². The second-order valence-electron chi connectivity index (χ2n) is 13.4. The number of fused-ring (bicyclic) bond motifs is 14. The third-order valence-electron chi connectivity index (χ3n) is 10.8. The summed E-state index contributed by atoms with van der Waals surface area (Å²) < 4.78 is 4.78. The lowest BCUT2D eigenvalue weighted by molar-refractivity contribution is 1.01. The smallest absolute Gasteiger partial charge is 0.235 e. The van der Waals surface area contributed by atoms with Crippen molar-refractivity contribution in [2.75, 3.05) is 0 Å². The summed E-state index contributed by atoms with van der Waals surface area (Å²) in [7, 11) is 0. The summed E-state index contributed by atoms with van der Waals surface area (Å²) in [5, 5.41) is 13.4. The second-order valence-corrected chi connectivity index (χ2v) is 13.4. The van der Waals surface area contributed by atoms with Crippen LogP contribution >= 0.6 is 0 Å². The monoisotopic (exact) mass is 634 g/mol. The maximum absolute atomic E-state index is 5.46. The Labute approximate surface area is 285 Å². The molecule has 0 aliphatic carbocycles. The highest BCUT2D eigenvalue weighted by Gasteiger charge is 2.26. The van der Waals surface area contributed by atoms with Crippen molar-refractivity contribution >= 4 is 92.3 Å². The molecule has 0 aliphatic rings. The Bertz CT molecular complexity index is 3380. The highest BCUT2D eigenvalue weighted by molar-refractivity contribution is 6.38. The first-order valence-electron chi connectivity index (χ1n) is 17.1. The lowest BCUT2D eigenvalue weighted by Gasteiger charge is -2.12. The third-order valence-corrected chi connectivity index (χ3v) is 10.8. The quantitative estimate of drug-likeness (QED) is 0.190. The van der Waals surface area contributed by atoms with Crippen LogP contribution in [0.4, 0.5) is 0 Å². The average molecular weight is 635 g/mol. The van der Waals surface area contributed by atoms with E-state index in [0.717, 1.165) is 33.2 Å². The van der Waals surface area contributed by atoms with Crippen molar-refractivity contribution < 1.29 is 0 Å². The molecule has 0 unspecified atom stereocenters. The van der Waals surface area contributed by atoms with Crippen LogP contribution in [0.25, 0.3) is 110 Å². The molecule has 0 fully saturated rings. The van der Waals surface area contributed by atoms with Gasteiger partial charge in [0.25, 0.3) is 0 Å². The maximum Gasteiger partial charge on any atom is 0.235 e. The summed E-state index contributed by atoms with van der Waals surface area (Å²) in [6.45, 7) is 0. The molecular weight excluding hydrogens is 609 g/mol. The summed E-state index contributed by atoms with van der Waals surface area (Å²) in [6.07, 6.45) is 0. The minimum Gasteiger partial charge on any atom is -0.308 e. The largest absolute Gasteiger partial charge is 0.308 e. The Morgan fingerprint density at radius 2 is 1.04 bits per heavy atom. The van der Waals surface area contributed by atoms with E-state index in [0.29, 0.717) is 5.95 Å². The van der Waals surface area contributed by atoms with Crippen LogP contribution in [0, 0.1) is 0 Å². The first-order valence-corrected chi connectivity index (χ1v) is 17.1. The topological polar surface area (TPSA) is 35.1 Å². The molecule has 50 heavy (non-hydrogen) atoms. The van der Waals surface area contributed by atoms with Crippen LogP contribution in [-0.2, 0) is 0 Å². The minimum atomic E-state index is 0.671. The second kappa shape index (κ2) is 9.43. The van der Waals surface area contributed by atoms with Crippen molar-refractivity contribution in [1.29, 1.82) is 0 Å². The molecule has 0 radical (unpaired) electrons. The van der Waals surface area contributed by atoms with E-state index in [-0.39, 0.29) is 0 Å². The van der Waals surface area contributed by atoms with E-state index >= 15 is 0 Å². The zero-order valence-electron chi connectivity index (χ0n) is 26.8. The molecule has 4 heteroatoms. The molecule has 0 aliphatic heterocycles. The Kier molecular flexibility index (Phi) is 4.94. The Morgan fingerprint density at radius 3 is 1.92 bits per heavy atom. The van der Waals surface area contributed by atoms with E-state index in [1.165, 1.54) is 70.4 Å². The Balaban J connectivity index is 1.29. The molecule has 230 valence electrons. The molecular formula is C46H26N4. The maximum atomic E-state index is 5.46. The van der Waals surface area contributed by atoms with Crippen LogP contribution in [0.2, 0.25) is 0 Å². The highest BCUT2D eigenvalue weighted by atomic mass is 15.2. The minimum absolute atomic E-state index is 0.671. The predicted molar refractivity (Wildman–Crippen MR) is 209 cm³/mol. The molecule has 0 saturated carbocycles. The van der Waals surface area contributed by atoms with Gasteiger partial charge in [0.15, 0.2) is 0 Å². The lowest BCUT2D eigenvalue weighted by Crippen LogP contribution is -2.03. The number of nitrogens with zero attached hydrogens (tertiary/aromatic N) is 4. The van der Waals surface area contributed by atoms with Crippen molar-refractivity contribution in [3.05, 3.63) is 158 Å². The van der Waals surface area contributed by atoms with Crippen LogP contribution in [-0.4, -0.2) is 18.9 Å². The van der Waals surface area contributed by atoms with E-state index in [1.807, 2.05) is 0 Å². The first kappa shape index (κ1) is 26.2. The number of para-hydroxylation sites is 3. The Hall–Kier alpha value is -6.78. The van der Waals surface area contributed by atoms with Gasteiger partial charge in [-0.25, -0.2) is 9.97 Å². The van der Waals surface area contributed by atoms with Crippen LogP contribution in [0.1, 0.15) is 0 Å². The van der Waals surface area contributed by atoms with Gasteiger partial charge in [0.2, 0.25) is 5.95 Å². The molecule has 0 N–H and O–H groups in total. The zero-order chi connectivity index (χ0) is 32.5. The fraction of sp³-hybridized carbons (Fsp3) is 0. The molecule has 4 aromatic heterocycles. The van der Waals surface area contributed by atoms with Gasteiger partial charge >= 0.3 is 0 Å². The lowest BCUT2D eigenvalue weighted by atomic mass is 9.98. The van der Waals surface area contributed by atoms with Gasteiger partial charge in [-0.2, -0.15) is 0 Å². The highest BCUT2D eigenvalue weighted by Crippen LogP contribution is 2.48. The standard InChI is InChI=1S/C46H26N4/c1-2-13-29-25-30(22-21-27(29)11-1)44-33-16-5-8-18-36(33)47-46(48-44)50-38-20-10-7-17-34(38)42-40(50)26-35-32-15-6-9-19-37(32)49-39-24-23-28-12-3-4-14-31(28)41(39)43(42)45(35)49/h1-26H. The normalized spacial score (nSPS) is 12.4. The predicted octanol–water partition coefficient (Wildman–Crippen LogP) is 11.9. The molecule has 12 aromatic rings.